The fraction of sp³-hybridized carbons (Fsp3) is 0.125. The number of hydrogen-bond acceptors (Lipinski definition) is 1. The van der Waals surface area contributed by atoms with Crippen molar-refractivity contribution in [2.24, 2.45) is 0 Å². The summed E-state index contributed by atoms with van der Waals surface area (Å²) in [6.45, 7) is 0. The Labute approximate surface area is 66.6 Å². The number of carbonyl (C=O) groups is 1. The molecule has 1 rings (SSSR count). The third-order valence-electron chi connectivity index (χ3n) is 1.25. The van der Waals surface area contributed by atoms with Crippen LogP contribution in [0.2, 0.25) is 5.82 Å². The van der Waals surface area contributed by atoms with Crippen LogP contribution in [0, 0.1) is 0 Å². The molecule has 1 nitrogen and oxygen atoms in total. The van der Waals surface area contributed by atoms with Crippen molar-refractivity contribution in [3.63, 3.8) is 0 Å². The summed E-state index contributed by atoms with van der Waals surface area (Å²) in [5.41, 5.74) is 0.757. The Hall–Kier alpha value is -0.591. The Morgan fingerprint density at radius 2 is 1.90 bits per heavy atom. The monoisotopic (exact) mass is 200 g/mol. The second kappa shape index (κ2) is 3.55. The minimum absolute atomic E-state index is 0.543. The molecule has 0 fully saturated rings. The van der Waals surface area contributed by atoms with Gasteiger partial charge >= 0.3 is 66.2 Å². The van der Waals surface area contributed by atoms with E-state index in [4.69, 9.17) is 0 Å². The zero-order valence-electron chi connectivity index (χ0n) is 5.70. The van der Waals surface area contributed by atoms with E-state index in [1.165, 1.54) is 4.46 Å². The predicted octanol–water partition coefficient (Wildman–Crippen LogP) is 0.877. The molecule has 1 aromatic rings. The van der Waals surface area contributed by atoms with Crippen molar-refractivity contribution in [3.05, 3.63) is 29.8 Å². The Kier molecular flexibility index (Phi) is 2.67. The molecular formula is C8H8OSe. The normalized spacial score (nSPS) is 9.30. The first-order valence-electron chi connectivity index (χ1n) is 2.96. The molecule has 0 aliphatic carbocycles. The van der Waals surface area contributed by atoms with Crippen molar-refractivity contribution in [2.75, 3.05) is 0 Å². The summed E-state index contributed by atoms with van der Waals surface area (Å²) in [5.74, 6) is 2.16. The molecule has 0 saturated heterocycles. The van der Waals surface area contributed by atoms with Gasteiger partial charge in [0.25, 0.3) is 0 Å². The molecular weight excluding hydrogens is 191 g/mol. The van der Waals surface area contributed by atoms with Crippen molar-refractivity contribution in [3.8, 4) is 0 Å². The fourth-order valence-corrected chi connectivity index (χ4v) is 1.54. The molecule has 0 unspecified atom stereocenters. The van der Waals surface area contributed by atoms with Gasteiger partial charge in [-0.15, -0.1) is 0 Å². The predicted molar refractivity (Wildman–Crippen MR) is 43.1 cm³/mol. The van der Waals surface area contributed by atoms with E-state index in [2.05, 4.69) is 5.82 Å². The van der Waals surface area contributed by atoms with E-state index in [-0.39, 0.29) is 0 Å². The Balaban J connectivity index is 2.90. The van der Waals surface area contributed by atoms with E-state index in [0.29, 0.717) is 15.0 Å². The van der Waals surface area contributed by atoms with Crippen LogP contribution in [0.1, 0.15) is 10.4 Å². The van der Waals surface area contributed by atoms with Crippen LogP contribution in [0.4, 0.5) is 0 Å². The van der Waals surface area contributed by atoms with Crippen LogP contribution in [-0.2, 0) is 0 Å². The fourth-order valence-electron chi connectivity index (χ4n) is 0.682. The van der Waals surface area contributed by atoms with Crippen LogP contribution >= 0.6 is 0 Å². The van der Waals surface area contributed by atoms with Crippen molar-refractivity contribution in [2.45, 2.75) is 5.82 Å². The number of hydrogen-bond donors (Lipinski definition) is 0. The van der Waals surface area contributed by atoms with E-state index >= 15 is 0 Å². The molecule has 0 aliphatic heterocycles. The number of carbonyl (C=O) groups excluding carboxylic acids is 1. The number of aldehydes is 1. The van der Waals surface area contributed by atoms with Gasteiger partial charge < -0.3 is 0 Å². The Morgan fingerprint density at radius 3 is 2.30 bits per heavy atom. The average molecular weight is 199 g/mol. The first-order chi connectivity index (χ1) is 4.86. The summed E-state index contributed by atoms with van der Waals surface area (Å²) in [7, 11) is 0. The average Bonchev–Trinajstić information content (AvgIpc) is 2.05. The molecule has 0 amide bonds. The van der Waals surface area contributed by atoms with E-state index < -0.39 is 0 Å². The molecule has 52 valence electrons. The molecule has 0 heterocycles. The van der Waals surface area contributed by atoms with E-state index in [9.17, 15) is 4.79 Å². The van der Waals surface area contributed by atoms with Gasteiger partial charge in [0.15, 0.2) is 0 Å². The summed E-state index contributed by atoms with van der Waals surface area (Å²) in [6.07, 6.45) is 0.867. The van der Waals surface area contributed by atoms with Gasteiger partial charge in [0, 0.05) is 0 Å². The second-order valence-electron chi connectivity index (χ2n) is 1.89. The van der Waals surface area contributed by atoms with Gasteiger partial charge in [-0.3, -0.25) is 0 Å². The SMILES string of the molecule is C[Se]c1ccc(C=O)cc1. The molecule has 0 saturated carbocycles. The summed E-state index contributed by atoms with van der Waals surface area (Å²) in [4.78, 5) is 10.2. The molecule has 0 atom stereocenters. The van der Waals surface area contributed by atoms with Crippen molar-refractivity contribution >= 4 is 25.7 Å². The topological polar surface area (TPSA) is 17.1 Å². The summed E-state index contributed by atoms with van der Waals surface area (Å²) >= 11 is 0.543. The molecule has 0 spiro atoms. The van der Waals surface area contributed by atoms with Crippen molar-refractivity contribution < 1.29 is 4.79 Å². The van der Waals surface area contributed by atoms with Crippen LogP contribution in [-0.4, -0.2) is 21.2 Å². The summed E-state index contributed by atoms with van der Waals surface area (Å²) in [5, 5.41) is 0. The van der Waals surface area contributed by atoms with E-state index in [1.807, 2.05) is 24.3 Å². The maximum absolute atomic E-state index is 10.2. The van der Waals surface area contributed by atoms with Crippen molar-refractivity contribution in [1.82, 2.24) is 0 Å². The van der Waals surface area contributed by atoms with E-state index in [0.717, 1.165) is 11.8 Å². The zero-order chi connectivity index (χ0) is 7.40. The van der Waals surface area contributed by atoms with Gasteiger partial charge in [-0.2, -0.15) is 0 Å². The number of benzene rings is 1. The summed E-state index contributed by atoms with van der Waals surface area (Å²) in [6, 6.07) is 7.72. The molecule has 2 heteroatoms. The van der Waals surface area contributed by atoms with Gasteiger partial charge in [0.1, 0.15) is 0 Å². The van der Waals surface area contributed by atoms with Gasteiger partial charge in [0.05, 0.1) is 0 Å². The third kappa shape index (κ3) is 1.69. The molecule has 10 heavy (non-hydrogen) atoms. The van der Waals surface area contributed by atoms with Crippen LogP contribution in [0.15, 0.2) is 24.3 Å². The van der Waals surface area contributed by atoms with E-state index in [1.54, 1.807) is 0 Å². The van der Waals surface area contributed by atoms with Gasteiger partial charge in [-0.25, -0.2) is 0 Å². The second-order valence-corrected chi connectivity index (χ2v) is 3.74. The molecule has 0 N–H and O–H groups in total. The van der Waals surface area contributed by atoms with Gasteiger partial charge in [-0.1, -0.05) is 0 Å². The first kappa shape index (κ1) is 7.52. The Morgan fingerprint density at radius 1 is 1.30 bits per heavy atom. The van der Waals surface area contributed by atoms with Crippen molar-refractivity contribution in [1.29, 1.82) is 0 Å². The third-order valence-corrected chi connectivity index (χ3v) is 2.81. The van der Waals surface area contributed by atoms with Gasteiger partial charge in [-0.05, 0) is 0 Å². The standard InChI is InChI=1S/C8H8OSe/c1-10-8-4-2-7(6-9)3-5-8/h2-6H,1H3. The van der Waals surface area contributed by atoms with Crippen LogP contribution in [0.3, 0.4) is 0 Å². The summed E-state index contributed by atoms with van der Waals surface area (Å²) < 4.78 is 1.33. The number of rotatable bonds is 2. The molecule has 1 aromatic carbocycles. The van der Waals surface area contributed by atoms with Crippen LogP contribution in [0.5, 0.6) is 0 Å². The molecule has 0 bridgehead atoms. The maximum atomic E-state index is 10.2. The van der Waals surface area contributed by atoms with Crippen LogP contribution < -0.4 is 4.46 Å². The van der Waals surface area contributed by atoms with Gasteiger partial charge in [0.2, 0.25) is 0 Å². The molecule has 0 radical (unpaired) electrons. The minimum atomic E-state index is 0.543. The quantitative estimate of drug-likeness (QED) is 0.510. The first-order valence-corrected chi connectivity index (χ1v) is 5.53. The van der Waals surface area contributed by atoms with Crippen LogP contribution in [0.25, 0.3) is 0 Å². The molecule has 0 aromatic heterocycles. The molecule has 0 aliphatic rings. The zero-order valence-corrected chi connectivity index (χ0v) is 7.42. The Bertz CT molecular complexity index is 215.